The number of aromatic nitrogens is 2. The minimum Gasteiger partial charge on any atom is -0.489 e. The molecule has 0 unspecified atom stereocenters. The van der Waals surface area contributed by atoms with E-state index in [9.17, 15) is 9.59 Å². The molecule has 0 bridgehead atoms. The summed E-state index contributed by atoms with van der Waals surface area (Å²) < 4.78 is 5.77. The van der Waals surface area contributed by atoms with Crippen molar-refractivity contribution in [3.8, 4) is 16.3 Å². The minimum absolute atomic E-state index is 0.216. The van der Waals surface area contributed by atoms with Gasteiger partial charge in [-0.3, -0.25) is 14.9 Å². The molecule has 2 amide bonds. The number of rotatable bonds is 7. The Labute approximate surface area is 204 Å². The summed E-state index contributed by atoms with van der Waals surface area (Å²) in [4.78, 5) is 24.2. The number of halogens is 1. The van der Waals surface area contributed by atoms with Crippen LogP contribution >= 0.6 is 22.9 Å². The Balaban J connectivity index is 1.28. The smallest absolute Gasteiger partial charge is 0.329 e. The zero-order valence-electron chi connectivity index (χ0n) is 17.6. The van der Waals surface area contributed by atoms with Gasteiger partial charge in [0.25, 0.3) is 0 Å². The second-order valence-electron chi connectivity index (χ2n) is 6.92. The van der Waals surface area contributed by atoms with Crippen LogP contribution in [0.1, 0.15) is 11.1 Å². The Hall–Kier alpha value is -4.08. The van der Waals surface area contributed by atoms with Crippen molar-refractivity contribution in [3.63, 3.8) is 0 Å². The molecule has 0 spiro atoms. The van der Waals surface area contributed by atoms with Crippen LogP contribution in [0.2, 0.25) is 5.02 Å². The lowest BCUT2D eigenvalue weighted by Crippen LogP contribution is -2.32. The highest BCUT2D eigenvalue weighted by molar-refractivity contribution is 7.18. The number of anilines is 1. The van der Waals surface area contributed by atoms with Gasteiger partial charge in [0.1, 0.15) is 17.4 Å². The first-order valence-electron chi connectivity index (χ1n) is 10.1. The van der Waals surface area contributed by atoms with Crippen molar-refractivity contribution >= 4 is 46.1 Å². The van der Waals surface area contributed by atoms with Crippen LogP contribution < -0.4 is 15.5 Å². The Kier molecular flexibility index (Phi) is 7.59. The summed E-state index contributed by atoms with van der Waals surface area (Å²) in [7, 11) is 0. The molecule has 0 atom stereocenters. The SMILES string of the molecule is O=C(NN=Cc1cccc(OCc2ccc(Cl)cc2)c1)C(=O)Nc1nnc(-c2ccccc2)s1. The van der Waals surface area contributed by atoms with Gasteiger partial charge < -0.3 is 4.74 Å². The first kappa shape index (κ1) is 23.1. The highest BCUT2D eigenvalue weighted by atomic mass is 35.5. The summed E-state index contributed by atoms with van der Waals surface area (Å²) >= 11 is 7.05. The quantitative estimate of drug-likeness (QED) is 0.224. The molecule has 0 aliphatic carbocycles. The van der Waals surface area contributed by atoms with Crippen molar-refractivity contribution in [2.45, 2.75) is 6.61 Å². The van der Waals surface area contributed by atoms with Gasteiger partial charge in [0, 0.05) is 10.6 Å². The Morgan fingerprint density at radius 2 is 1.76 bits per heavy atom. The average molecular weight is 492 g/mol. The van der Waals surface area contributed by atoms with Crippen LogP contribution in [0.25, 0.3) is 10.6 Å². The Bertz CT molecular complexity index is 1310. The molecule has 8 nitrogen and oxygen atoms in total. The van der Waals surface area contributed by atoms with Gasteiger partial charge in [-0.2, -0.15) is 5.10 Å². The molecule has 34 heavy (non-hydrogen) atoms. The van der Waals surface area contributed by atoms with E-state index < -0.39 is 11.8 Å². The molecule has 1 aromatic heterocycles. The van der Waals surface area contributed by atoms with E-state index >= 15 is 0 Å². The van der Waals surface area contributed by atoms with Gasteiger partial charge in [0.2, 0.25) is 5.13 Å². The second-order valence-corrected chi connectivity index (χ2v) is 8.33. The second kappa shape index (κ2) is 11.2. The number of benzene rings is 3. The van der Waals surface area contributed by atoms with Gasteiger partial charge in [-0.15, -0.1) is 10.2 Å². The molecule has 0 saturated heterocycles. The van der Waals surface area contributed by atoms with E-state index in [1.807, 2.05) is 48.5 Å². The molecule has 170 valence electrons. The third-order valence-electron chi connectivity index (χ3n) is 4.43. The molecule has 3 aromatic carbocycles. The number of nitrogens with zero attached hydrogens (tertiary/aromatic N) is 3. The van der Waals surface area contributed by atoms with E-state index in [0.717, 1.165) is 22.5 Å². The molecular weight excluding hydrogens is 474 g/mol. The molecule has 1 heterocycles. The lowest BCUT2D eigenvalue weighted by Gasteiger charge is -2.07. The molecule has 0 aliphatic rings. The van der Waals surface area contributed by atoms with Gasteiger partial charge >= 0.3 is 11.8 Å². The van der Waals surface area contributed by atoms with Crippen LogP contribution in [0.3, 0.4) is 0 Å². The highest BCUT2D eigenvalue weighted by Crippen LogP contribution is 2.25. The Morgan fingerprint density at radius 3 is 2.56 bits per heavy atom. The fourth-order valence-corrected chi connectivity index (χ4v) is 3.64. The number of carbonyl (C=O) groups is 2. The lowest BCUT2D eigenvalue weighted by molar-refractivity contribution is -0.136. The van der Waals surface area contributed by atoms with Crippen molar-refractivity contribution in [2.75, 3.05) is 5.32 Å². The fraction of sp³-hybridized carbons (Fsp3) is 0.0417. The van der Waals surface area contributed by atoms with Crippen LogP contribution in [-0.2, 0) is 16.2 Å². The van der Waals surface area contributed by atoms with Crippen molar-refractivity contribution in [3.05, 3.63) is 95.0 Å². The van der Waals surface area contributed by atoms with Crippen LogP contribution in [0.15, 0.2) is 84.0 Å². The largest absolute Gasteiger partial charge is 0.489 e. The zero-order valence-corrected chi connectivity index (χ0v) is 19.2. The Morgan fingerprint density at radius 1 is 0.971 bits per heavy atom. The van der Waals surface area contributed by atoms with Crippen LogP contribution in [0.5, 0.6) is 5.75 Å². The lowest BCUT2D eigenvalue weighted by atomic mass is 10.2. The van der Waals surface area contributed by atoms with Crippen molar-refractivity contribution in [1.82, 2.24) is 15.6 Å². The summed E-state index contributed by atoms with van der Waals surface area (Å²) in [5.74, 6) is -1.19. The van der Waals surface area contributed by atoms with E-state index in [-0.39, 0.29) is 5.13 Å². The number of hydrogen-bond acceptors (Lipinski definition) is 7. The fourth-order valence-electron chi connectivity index (χ4n) is 2.77. The summed E-state index contributed by atoms with van der Waals surface area (Å²) in [5, 5.41) is 15.7. The number of carbonyl (C=O) groups excluding carboxylic acids is 2. The van der Waals surface area contributed by atoms with Gasteiger partial charge in [0.15, 0.2) is 0 Å². The van der Waals surface area contributed by atoms with Crippen molar-refractivity contribution < 1.29 is 14.3 Å². The van der Waals surface area contributed by atoms with E-state index in [2.05, 4.69) is 26.0 Å². The van der Waals surface area contributed by atoms with Gasteiger partial charge in [0.05, 0.1) is 6.21 Å². The first-order chi connectivity index (χ1) is 16.6. The van der Waals surface area contributed by atoms with Crippen molar-refractivity contribution in [1.29, 1.82) is 0 Å². The molecule has 0 aliphatic heterocycles. The predicted molar refractivity (Wildman–Crippen MR) is 132 cm³/mol. The predicted octanol–water partition coefficient (Wildman–Crippen LogP) is 4.53. The van der Waals surface area contributed by atoms with Crippen molar-refractivity contribution in [2.24, 2.45) is 5.10 Å². The highest BCUT2D eigenvalue weighted by Gasteiger charge is 2.16. The van der Waals surface area contributed by atoms with E-state index in [1.165, 1.54) is 6.21 Å². The van der Waals surface area contributed by atoms with Gasteiger partial charge in [-0.1, -0.05) is 77.5 Å². The molecule has 4 rings (SSSR count). The third-order valence-corrected chi connectivity index (χ3v) is 5.57. The average Bonchev–Trinajstić information content (AvgIpc) is 3.33. The van der Waals surface area contributed by atoms with Crippen LogP contribution in [-0.4, -0.2) is 28.2 Å². The van der Waals surface area contributed by atoms with E-state index in [1.54, 1.807) is 30.3 Å². The summed E-state index contributed by atoms with van der Waals surface area (Å²) in [6, 6.07) is 23.9. The number of amides is 2. The maximum atomic E-state index is 12.1. The number of ether oxygens (including phenoxy) is 1. The van der Waals surface area contributed by atoms with Crippen LogP contribution in [0, 0.1) is 0 Å². The molecule has 2 N–H and O–H groups in total. The normalized spacial score (nSPS) is 10.7. The van der Waals surface area contributed by atoms with Gasteiger partial charge in [-0.25, -0.2) is 5.43 Å². The standard InChI is InChI=1S/C24H18ClN5O3S/c25-19-11-9-16(10-12-19)15-33-20-8-4-5-17(13-20)14-26-28-22(32)21(31)27-24-30-29-23(34-24)18-6-2-1-3-7-18/h1-14H,15H2,(H,28,32)(H,27,30,31). The maximum Gasteiger partial charge on any atom is 0.329 e. The molecule has 0 radical (unpaired) electrons. The molecule has 10 heteroatoms. The first-order valence-corrected chi connectivity index (χ1v) is 11.3. The number of hydrogen-bond donors (Lipinski definition) is 2. The molecule has 0 saturated carbocycles. The number of nitrogens with one attached hydrogen (secondary N) is 2. The maximum absolute atomic E-state index is 12.1. The summed E-state index contributed by atoms with van der Waals surface area (Å²) in [6.45, 7) is 0.381. The summed E-state index contributed by atoms with van der Waals surface area (Å²) in [6.07, 6.45) is 1.42. The minimum atomic E-state index is -0.928. The van der Waals surface area contributed by atoms with E-state index in [0.29, 0.717) is 28.0 Å². The van der Waals surface area contributed by atoms with Crippen LogP contribution in [0.4, 0.5) is 5.13 Å². The number of hydrazone groups is 1. The topological polar surface area (TPSA) is 106 Å². The molecular formula is C24H18ClN5O3S. The molecule has 0 fully saturated rings. The summed E-state index contributed by atoms with van der Waals surface area (Å²) in [5.41, 5.74) is 4.73. The monoisotopic (exact) mass is 491 g/mol. The zero-order chi connectivity index (χ0) is 23.8. The third kappa shape index (κ3) is 6.47. The van der Waals surface area contributed by atoms with Gasteiger partial charge in [-0.05, 0) is 35.4 Å². The molecule has 4 aromatic rings. The van der Waals surface area contributed by atoms with E-state index in [4.69, 9.17) is 16.3 Å².